The first-order chi connectivity index (χ1) is 9.00. The summed E-state index contributed by atoms with van der Waals surface area (Å²) in [6.45, 7) is 4.44. The minimum absolute atomic E-state index is 0.212. The van der Waals surface area contributed by atoms with E-state index in [2.05, 4.69) is 38.1 Å². The van der Waals surface area contributed by atoms with Crippen LogP contribution in [0.1, 0.15) is 25.0 Å². The molecular formula is C15H22OS3. The van der Waals surface area contributed by atoms with Gasteiger partial charge in [0.1, 0.15) is 0 Å². The van der Waals surface area contributed by atoms with Gasteiger partial charge in [-0.1, -0.05) is 49.9 Å². The zero-order chi connectivity index (χ0) is 14.5. The lowest BCUT2D eigenvalue weighted by molar-refractivity contribution is -0.111. The summed E-state index contributed by atoms with van der Waals surface area (Å²) < 4.78 is -0.476. The molecule has 0 aliphatic carbocycles. The van der Waals surface area contributed by atoms with Crippen molar-refractivity contribution < 1.29 is 4.79 Å². The minimum atomic E-state index is -0.476. The topological polar surface area (TPSA) is 17.1 Å². The van der Waals surface area contributed by atoms with Gasteiger partial charge in [-0.2, -0.15) is 0 Å². The number of hydrogen-bond acceptors (Lipinski definition) is 4. The van der Waals surface area contributed by atoms with Gasteiger partial charge in [0, 0.05) is 0 Å². The highest BCUT2D eigenvalue weighted by Crippen LogP contribution is 2.47. The van der Waals surface area contributed by atoms with Gasteiger partial charge in [0.05, 0.1) is 0 Å². The van der Waals surface area contributed by atoms with Crippen molar-refractivity contribution in [1.29, 1.82) is 0 Å². The zero-order valence-corrected chi connectivity index (χ0v) is 14.7. The van der Waals surface area contributed by atoms with Crippen LogP contribution in [0.3, 0.4) is 0 Å². The van der Waals surface area contributed by atoms with Crippen LogP contribution in [-0.4, -0.2) is 23.9 Å². The molecule has 0 bridgehead atoms. The zero-order valence-electron chi connectivity index (χ0n) is 12.2. The molecule has 19 heavy (non-hydrogen) atoms. The molecule has 0 amide bonds. The molecule has 0 fully saturated rings. The van der Waals surface area contributed by atoms with E-state index in [1.807, 2.05) is 18.8 Å². The first-order valence-electron chi connectivity index (χ1n) is 6.28. The molecule has 1 aromatic carbocycles. The third kappa shape index (κ3) is 3.96. The number of thioether (sulfide) groups is 3. The van der Waals surface area contributed by atoms with Crippen molar-refractivity contribution in [2.24, 2.45) is 5.92 Å². The van der Waals surface area contributed by atoms with Gasteiger partial charge in [0.25, 0.3) is 0 Å². The predicted molar refractivity (Wildman–Crippen MR) is 92.2 cm³/mol. The molecule has 106 valence electrons. The summed E-state index contributed by atoms with van der Waals surface area (Å²) >= 11 is 4.54. The van der Waals surface area contributed by atoms with Gasteiger partial charge >= 0.3 is 0 Å². The summed E-state index contributed by atoms with van der Waals surface area (Å²) in [5, 5.41) is 0.212. The summed E-state index contributed by atoms with van der Waals surface area (Å²) in [7, 11) is 0. The molecule has 0 radical (unpaired) electrons. The third-order valence-corrected chi connectivity index (χ3v) is 6.93. The molecule has 1 aromatic rings. The second-order valence-electron chi connectivity index (χ2n) is 4.81. The van der Waals surface area contributed by atoms with Crippen LogP contribution in [0.15, 0.2) is 24.3 Å². The van der Waals surface area contributed by atoms with Crippen LogP contribution < -0.4 is 0 Å². The fourth-order valence-corrected chi connectivity index (χ4v) is 5.20. The van der Waals surface area contributed by atoms with E-state index in [1.165, 1.54) is 17.3 Å². The van der Waals surface area contributed by atoms with Gasteiger partial charge in [-0.3, -0.25) is 4.79 Å². The van der Waals surface area contributed by atoms with Gasteiger partial charge in [-0.15, -0.1) is 23.5 Å². The largest absolute Gasteiger partial charge is 0.284 e. The van der Waals surface area contributed by atoms with Crippen LogP contribution in [0.25, 0.3) is 0 Å². The van der Waals surface area contributed by atoms with Crippen LogP contribution in [0, 0.1) is 5.92 Å². The predicted octanol–water partition coefficient (Wildman–Crippen LogP) is 4.65. The number of benzene rings is 1. The van der Waals surface area contributed by atoms with Crippen LogP contribution in [0.4, 0.5) is 0 Å². The Morgan fingerprint density at radius 1 is 1.11 bits per heavy atom. The third-order valence-electron chi connectivity index (χ3n) is 3.01. The Morgan fingerprint density at radius 2 is 1.63 bits per heavy atom. The first kappa shape index (κ1) is 17.0. The van der Waals surface area contributed by atoms with Crippen LogP contribution in [-0.2, 0) is 15.3 Å². The van der Waals surface area contributed by atoms with Crippen molar-refractivity contribution in [3.05, 3.63) is 35.4 Å². The lowest BCUT2D eigenvalue weighted by Gasteiger charge is -2.28. The molecule has 0 N–H and O–H groups in total. The highest BCUT2D eigenvalue weighted by atomic mass is 32.2. The summed E-state index contributed by atoms with van der Waals surface area (Å²) in [6, 6.07) is 8.53. The number of hydrogen-bond donors (Lipinski definition) is 0. The van der Waals surface area contributed by atoms with Gasteiger partial charge in [-0.05, 0) is 42.2 Å². The van der Waals surface area contributed by atoms with Gasteiger partial charge < -0.3 is 0 Å². The fraction of sp³-hybridized carbons (Fsp3) is 0.533. The number of rotatable bonds is 6. The first-order valence-corrected chi connectivity index (χ1v) is 9.95. The van der Waals surface area contributed by atoms with Gasteiger partial charge in [-0.25, -0.2) is 0 Å². The fourth-order valence-electron chi connectivity index (χ4n) is 2.07. The minimum Gasteiger partial charge on any atom is -0.284 e. The Kier molecular flexibility index (Phi) is 6.84. The van der Waals surface area contributed by atoms with E-state index >= 15 is 0 Å². The van der Waals surface area contributed by atoms with Crippen LogP contribution in [0.2, 0.25) is 0 Å². The van der Waals surface area contributed by atoms with Crippen molar-refractivity contribution >= 4 is 40.4 Å². The van der Waals surface area contributed by atoms with Crippen molar-refractivity contribution in [3.8, 4) is 0 Å². The molecule has 0 aliphatic rings. The summed E-state index contributed by atoms with van der Waals surface area (Å²) in [5.41, 5.74) is 2.44. The highest BCUT2D eigenvalue weighted by Gasteiger charge is 2.38. The van der Waals surface area contributed by atoms with E-state index in [-0.39, 0.29) is 5.12 Å². The number of carbonyl (C=O) groups excluding carboxylic acids is 1. The Hall–Kier alpha value is -0.0600. The second kappa shape index (κ2) is 7.65. The molecule has 0 saturated carbocycles. The van der Waals surface area contributed by atoms with E-state index in [0.29, 0.717) is 5.92 Å². The van der Waals surface area contributed by atoms with E-state index in [9.17, 15) is 4.79 Å². The summed E-state index contributed by atoms with van der Waals surface area (Å²) in [6.07, 6.45) is 6.96. The maximum Gasteiger partial charge on any atom is 0.219 e. The quantitative estimate of drug-likeness (QED) is 0.710. The van der Waals surface area contributed by atoms with E-state index < -0.39 is 4.08 Å². The van der Waals surface area contributed by atoms with Gasteiger partial charge in [0.15, 0.2) is 4.08 Å². The summed E-state index contributed by atoms with van der Waals surface area (Å²) in [5.74, 6) is 0.657. The maximum atomic E-state index is 12.3. The lowest BCUT2D eigenvalue weighted by atomic mass is 10.0. The van der Waals surface area contributed by atoms with Crippen LogP contribution >= 0.6 is 35.3 Å². The smallest absolute Gasteiger partial charge is 0.219 e. The molecule has 0 saturated heterocycles. The molecule has 4 heteroatoms. The Balaban J connectivity index is 3.07. The molecule has 0 aromatic heterocycles. The van der Waals surface area contributed by atoms with E-state index in [1.54, 1.807) is 23.5 Å². The molecule has 0 spiro atoms. The Labute approximate surface area is 129 Å². The standard InChI is InChI=1S/C15H22OS3/c1-11(2)10-12-6-8-13(9-7-12)15(18-4,19-5)14(16)17-3/h6-9,11H,10H2,1-5H3. The molecule has 0 aliphatic heterocycles. The lowest BCUT2D eigenvalue weighted by Crippen LogP contribution is -2.25. The van der Waals surface area contributed by atoms with Crippen molar-refractivity contribution in [3.63, 3.8) is 0 Å². The van der Waals surface area contributed by atoms with Crippen LogP contribution in [0.5, 0.6) is 0 Å². The van der Waals surface area contributed by atoms with Gasteiger partial charge in [0.2, 0.25) is 5.12 Å². The van der Waals surface area contributed by atoms with E-state index in [0.717, 1.165) is 12.0 Å². The second-order valence-corrected chi connectivity index (χ2v) is 7.89. The molecule has 0 unspecified atom stereocenters. The normalized spacial score (nSPS) is 11.9. The Morgan fingerprint density at radius 3 is 2.00 bits per heavy atom. The average molecular weight is 315 g/mol. The molecule has 0 heterocycles. The van der Waals surface area contributed by atoms with Crippen molar-refractivity contribution in [2.45, 2.75) is 24.3 Å². The highest BCUT2D eigenvalue weighted by molar-refractivity contribution is 8.23. The number of carbonyl (C=O) groups is 1. The van der Waals surface area contributed by atoms with Crippen molar-refractivity contribution in [2.75, 3.05) is 18.8 Å². The molecule has 0 atom stereocenters. The monoisotopic (exact) mass is 314 g/mol. The van der Waals surface area contributed by atoms with Crippen molar-refractivity contribution in [1.82, 2.24) is 0 Å². The molecule has 1 rings (SSSR count). The average Bonchev–Trinajstić information content (AvgIpc) is 2.41. The maximum absolute atomic E-state index is 12.3. The molecular weight excluding hydrogens is 292 g/mol. The van der Waals surface area contributed by atoms with E-state index in [4.69, 9.17) is 0 Å². The summed E-state index contributed by atoms with van der Waals surface area (Å²) in [4.78, 5) is 12.3. The SMILES string of the molecule is CSC(=O)C(SC)(SC)c1ccc(CC(C)C)cc1. The Bertz CT molecular complexity index is 408. The molecule has 1 nitrogen and oxygen atoms in total.